The van der Waals surface area contributed by atoms with Gasteiger partial charge in [0.15, 0.2) is 0 Å². The van der Waals surface area contributed by atoms with E-state index in [0.29, 0.717) is 11.3 Å². The third kappa shape index (κ3) is 3.96. The number of fused-ring (bicyclic) bond motifs is 2. The standard InChI is InChI=1S/C24H13Br3N2OS/c25-13-11-17(24-28-20-9-1-2-10-21(20)31-24)22(19(27)12-13)29-23(30)16-7-3-6-15-14(16)5-4-8-18(15)26/h1-12H,(H,29,30). The Hall–Kier alpha value is -2.06. The third-order valence-electron chi connectivity index (χ3n) is 4.93. The van der Waals surface area contributed by atoms with E-state index in [1.165, 1.54) is 0 Å². The summed E-state index contributed by atoms with van der Waals surface area (Å²) in [6.07, 6.45) is 0. The first kappa shape index (κ1) is 20.8. The molecule has 0 aliphatic carbocycles. The smallest absolute Gasteiger partial charge is 0.256 e. The Morgan fingerprint density at radius 3 is 2.45 bits per heavy atom. The van der Waals surface area contributed by atoms with Gasteiger partial charge in [0.2, 0.25) is 0 Å². The van der Waals surface area contributed by atoms with Crippen LogP contribution in [0.15, 0.2) is 86.2 Å². The number of nitrogens with one attached hydrogen (secondary N) is 1. The van der Waals surface area contributed by atoms with E-state index in [-0.39, 0.29) is 5.91 Å². The van der Waals surface area contributed by atoms with Crippen molar-refractivity contribution in [1.29, 1.82) is 0 Å². The Bertz CT molecular complexity index is 1450. The summed E-state index contributed by atoms with van der Waals surface area (Å²) in [4.78, 5) is 18.1. The van der Waals surface area contributed by atoms with Gasteiger partial charge < -0.3 is 5.32 Å². The number of halogens is 3. The van der Waals surface area contributed by atoms with Crippen LogP contribution in [0.4, 0.5) is 5.69 Å². The lowest BCUT2D eigenvalue weighted by Gasteiger charge is -2.14. The van der Waals surface area contributed by atoms with Crippen molar-refractivity contribution in [2.45, 2.75) is 0 Å². The van der Waals surface area contributed by atoms with Gasteiger partial charge in [-0.15, -0.1) is 11.3 Å². The van der Waals surface area contributed by atoms with Crippen molar-refractivity contribution in [1.82, 2.24) is 4.98 Å². The monoisotopic (exact) mass is 614 g/mol. The fraction of sp³-hybridized carbons (Fsp3) is 0. The summed E-state index contributed by atoms with van der Waals surface area (Å²) in [5.74, 6) is -0.172. The Labute approximate surface area is 207 Å². The minimum absolute atomic E-state index is 0.172. The fourth-order valence-corrected chi connectivity index (χ4v) is 6.32. The first-order valence-corrected chi connectivity index (χ1v) is 12.5. The normalized spacial score (nSPS) is 11.2. The number of amides is 1. The van der Waals surface area contributed by atoms with Crippen LogP contribution in [0.1, 0.15) is 10.4 Å². The highest BCUT2D eigenvalue weighted by Crippen LogP contribution is 2.41. The van der Waals surface area contributed by atoms with Crippen molar-refractivity contribution in [3.05, 3.63) is 91.8 Å². The lowest BCUT2D eigenvalue weighted by molar-refractivity contribution is 0.102. The van der Waals surface area contributed by atoms with Gasteiger partial charge in [-0.2, -0.15) is 0 Å². The summed E-state index contributed by atoms with van der Waals surface area (Å²) in [5.41, 5.74) is 3.11. The highest BCUT2D eigenvalue weighted by atomic mass is 79.9. The SMILES string of the molecule is O=C(Nc1c(Br)cc(Br)cc1-c1nc2ccccc2s1)c1cccc2c(Br)cccc12. The Kier molecular flexibility index (Phi) is 5.69. The zero-order valence-corrected chi connectivity index (χ0v) is 21.4. The first-order chi connectivity index (χ1) is 15.0. The Morgan fingerprint density at radius 2 is 1.61 bits per heavy atom. The van der Waals surface area contributed by atoms with Gasteiger partial charge in [-0.1, -0.05) is 68.3 Å². The number of hydrogen-bond donors (Lipinski definition) is 1. The molecule has 4 aromatic carbocycles. The van der Waals surface area contributed by atoms with Gasteiger partial charge in [0.05, 0.1) is 15.9 Å². The lowest BCUT2D eigenvalue weighted by Crippen LogP contribution is -2.13. The number of nitrogens with zero attached hydrogens (tertiary/aromatic N) is 1. The predicted molar refractivity (Wildman–Crippen MR) is 140 cm³/mol. The highest BCUT2D eigenvalue weighted by molar-refractivity contribution is 9.11. The molecule has 7 heteroatoms. The third-order valence-corrected chi connectivity index (χ3v) is 7.78. The number of aromatic nitrogens is 1. The second kappa shape index (κ2) is 8.47. The number of hydrogen-bond acceptors (Lipinski definition) is 3. The molecule has 0 aliphatic rings. The quantitative estimate of drug-likeness (QED) is 0.220. The largest absolute Gasteiger partial charge is 0.320 e. The molecular weight excluding hydrogens is 604 g/mol. The van der Waals surface area contributed by atoms with E-state index < -0.39 is 0 Å². The molecule has 0 saturated carbocycles. The number of benzene rings is 4. The van der Waals surface area contributed by atoms with Crippen LogP contribution in [0, 0.1) is 0 Å². The van der Waals surface area contributed by atoms with Crippen LogP contribution in [-0.4, -0.2) is 10.9 Å². The van der Waals surface area contributed by atoms with E-state index in [0.717, 1.165) is 45.0 Å². The van der Waals surface area contributed by atoms with Gasteiger partial charge in [-0.25, -0.2) is 4.98 Å². The van der Waals surface area contributed by atoms with Crippen molar-refractivity contribution in [3.8, 4) is 10.6 Å². The van der Waals surface area contributed by atoms with Crippen LogP contribution < -0.4 is 5.32 Å². The molecule has 152 valence electrons. The summed E-state index contributed by atoms with van der Waals surface area (Å²) >= 11 is 12.4. The number of carbonyl (C=O) groups is 1. The van der Waals surface area contributed by atoms with Crippen molar-refractivity contribution < 1.29 is 4.79 Å². The number of thiazole rings is 1. The number of rotatable bonds is 3. The molecule has 0 saturated heterocycles. The van der Waals surface area contributed by atoms with Gasteiger partial charge in [0.1, 0.15) is 5.01 Å². The molecule has 1 aromatic heterocycles. The van der Waals surface area contributed by atoms with Crippen LogP contribution in [0.3, 0.4) is 0 Å². The van der Waals surface area contributed by atoms with Crippen molar-refractivity contribution >= 4 is 91.7 Å². The summed E-state index contributed by atoms with van der Waals surface area (Å²) in [7, 11) is 0. The molecule has 5 aromatic rings. The molecule has 3 nitrogen and oxygen atoms in total. The number of anilines is 1. The number of para-hydroxylation sites is 1. The minimum atomic E-state index is -0.172. The molecule has 0 fully saturated rings. The number of carbonyl (C=O) groups excluding carboxylic acids is 1. The average molecular weight is 617 g/mol. The van der Waals surface area contributed by atoms with Gasteiger partial charge in [-0.05, 0) is 63.1 Å². The van der Waals surface area contributed by atoms with Gasteiger partial charge in [0.25, 0.3) is 5.91 Å². The summed E-state index contributed by atoms with van der Waals surface area (Å²) < 4.78 is 3.75. The zero-order valence-electron chi connectivity index (χ0n) is 15.8. The van der Waals surface area contributed by atoms with Gasteiger partial charge in [0, 0.05) is 24.5 Å². The lowest BCUT2D eigenvalue weighted by atomic mass is 10.0. The molecule has 0 bridgehead atoms. The van der Waals surface area contributed by atoms with E-state index in [4.69, 9.17) is 4.98 Å². The second-order valence-corrected chi connectivity index (χ2v) is 10.5. The maximum Gasteiger partial charge on any atom is 0.256 e. The average Bonchev–Trinajstić information content (AvgIpc) is 3.19. The molecule has 1 heterocycles. The van der Waals surface area contributed by atoms with Crippen molar-refractivity contribution in [2.24, 2.45) is 0 Å². The molecule has 0 unspecified atom stereocenters. The molecule has 0 atom stereocenters. The maximum absolute atomic E-state index is 13.4. The van der Waals surface area contributed by atoms with E-state index in [1.807, 2.05) is 66.7 Å². The van der Waals surface area contributed by atoms with Crippen LogP contribution in [-0.2, 0) is 0 Å². The Morgan fingerprint density at radius 1 is 0.839 bits per heavy atom. The van der Waals surface area contributed by atoms with Crippen molar-refractivity contribution in [2.75, 3.05) is 5.32 Å². The van der Waals surface area contributed by atoms with Crippen LogP contribution in [0.25, 0.3) is 31.6 Å². The van der Waals surface area contributed by atoms with Crippen LogP contribution >= 0.6 is 59.1 Å². The molecule has 1 amide bonds. The van der Waals surface area contributed by atoms with E-state index in [9.17, 15) is 4.79 Å². The van der Waals surface area contributed by atoms with E-state index in [1.54, 1.807) is 11.3 Å². The second-order valence-electron chi connectivity index (χ2n) is 6.89. The molecule has 0 radical (unpaired) electrons. The topological polar surface area (TPSA) is 42.0 Å². The molecular formula is C24H13Br3N2OS. The Balaban J connectivity index is 1.62. The van der Waals surface area contributed by atoms with E-state index >= 15 is 0 Å². The zero-order chi connectivity index (χ0) is 21.5. The summed E-state index contributed by atoms with van der Waals surface area (Å²) in [6.45, 7) is 0. The van der Waals surface area contributed by atoms with Gasteiger partial charge in [-0.3, -0.25) is 4.79 Å². The van der Waals surface area contributed by atoms with Crippen molar-refractivity contribution in [3.63, 3.8) is 0 Å². The molecule has 31 heavy (non-hydrogen) atoms. The predicted octanol–water partition coefficient (Wildman–Crippen LogP) is 8.66. The van der Waals surface area contributed by atoms with Crippen LogP contribution in [0.2, 0.25) is 0 Å². The highest BCUT2D eigenvalue weighted by Gasteiger charge is 2.19. The molecule has 1 N–H and O–H groups in total. The molecule has 5 rings (SSSR count). The summed E-state index contributed by atoms with van der Waals surface area (Å²) in [6, 6.07) is 23.5. The van der Waals surface area contributed by atoms with Crippen LogP contribution in [0.5, 0.6) is 0 Å². The minimum Gasteiger partial charge on any atom is -0.320 e. The molecule has 0 aliphatic heterocycles. The van der Waals surface area contributed by atoms with E-state index in [2.05, 4.69) is 59.2 Å². The first-order valence-electron chi connectivity index (χ1n) is 9.35. The summed E-state index contributed by atoms with van der Waals surface area (Å²) in [5, 5.41) is 5.86. The van der Waals surface area contributed by atoms with Gasteiger partial charge >= 0.3 is 0 Å². The fourth-order valence-electron chi connectivity index (χ4n) is 3.51. The molecule has 0 spiro atoms. The maximum atomic E-state index is 13.4.